The monoisotopic (exact) mass is 384 g/mol. The highest BCUT2D eigenvalue weighted by atomic mass is 79.9. The highest BCUT2D eigenvalue weighted by Crippen LogP contribution is 2.39. The van der Waals surface area contributed by atoms with Gasteiger partial charge < -0.3 is 4.57 Å². The van der Waals surface area contributed by atoms with Crippen molar-refractivity contribution in [3.05, 3.63) is 68.7 Å². The first-order valence-electron chi connectivity index (χ1n) is 7.79. The normalized spacial score (nSPS) is 15.1. The third-order valence-corrected chi connectivity index (χ3v) is 5.59. The highest BCUT2D eigenvalue weighted by Gasteiger charge is 2.27. The van der Waals surface area contributed by atoms with Gasteiger partial charge in [0, 0.05) is 21.5 Å². The lowest BCUT2D eigenvalue weighted by molar-refractivity contribution is 0.724. The number of benzene rings is 2. The predicted octanol–water partition coefficient (Wildman–Crippen LogP) is 5.85. The maximum atomic E-state index is 4.89. The molecule has 0 N–H and O–H groups in total. The molecule has 4 heteroatoms. The van der Waals surface area contributed by atoms with E-state index in [2.05, 4.69) is 81.3 Å². The van der Waals surface area contributed by atoms with Gasteiger partial charge in [-0.15, -0.1) is 11.3 Å². The van der Waals surface area contributed by atoms with Gasteiger partial charge in [-0.2, -0.15) is 0 Å². The van der Waals surface area contributed by atoms with Gasteiger partial charge in [0.1, 0.15) is 0 Å². The minimum absolute atomic E-state index is 0.590. The Labute approximate surface area is 148 Å². The number of thiazole rings is 1. The molecule has 3 aromatic rings. The molecule has 4 rings (SSSR count). The number of aryl methyl sites for hydroxylation is 1. The van der Waals surface area contributed by atoms with Crippen molar-refractivity contribution < 1.29 is 0 Å². The Kier molecular flexibility index (Phi) is 3.95. The van der Waals surface area contributed by atoms with Crippen LogP contribution in [-0.4, -0.2) is 4.57 Å². The summed E-state index contributed by atoms with van der Waals surface area (Å²) in [6, 6.07) is 17.4. The van der Waals surface area contributed by atoms with E-state index in [-0.39, 0.29) is 0 Å². The Balaban J connectivity index is 1.86. The van der Waals surface area contributed by atoms with E-state index >= 15 is 0 Å². The third-order valence-electron chi connectivity index (χ3n) is 4.06. The Morgan fingerprint density at radius 3 is 2.52 bits per heavy atom. The van der Waals surface area contributed by atoms with Gasteiger partial charge >= 0.3 is 0 Å². The molecule has 1 aromatic heterocycles. The van der Waals surface area contributed by atoms with Crippen LogP contribution in [0.3, 0.4) is 0 Å². The SMILES string of the molecule is Cc1ccc(N=c2scc(-c3ccccc3Br)n2C2CC2)cc1. The zero-order valence-corrected chi connectivity index (χ0v) is 15.3. The maximum absolute atomic E-state index is 4.89. The highest BCUT2D eigenvalue weighted by molar-refractivity contribution is 9.10. The first kappa shape index (κ1) is 14.9. The summed E-state index contributed by atoms with van der Waals surface area (Å²) < 4.78 is 3.54. The van der Waals surface area contributed by atoms with Crippen molar-refractivity contribution in [3.63, 3.8) is 0 Å². The lowest BCUT2D eigenvalue weighted by atomic mass is 10.2. The molecule has 0 radical (unpaired) electrons. The van der Waals surface area contributed by atoms with Crippen LogP contribution in [-0.2, 0) is 0 Å². The van der Waals surface area contributed by atoms with E-state index in [4.69, 9.17) is 4.99 Å². The number of halogens is 1. The molecule has 0 amide bonds. The van der Waals surface area contributed by atoms with Crippen molar-refractivity contribution in [3.8, 4) is 11.3 Å². The average Bonchev–Trinajstić information content (AvgIpc) is 3.31. The summed E-state index contributed by atoms with van der Waals surface area (Å²) in [4.78, 5) is 5.97. The fourth-order valence-corrected chi connectivity index (χ4v) is 4.15. The molecule has 1 aliphatic rings. The van der Waals surface area contributed by atoms with Crippen LogP contribution in [0.4, 0.5) is 5.69 Å². The smallest absolute Gasteiger partial charge is 0.190 e. The summed E-state index contributed by atoms with van der Waals surface area (Å²) in [6.07, 6.45) is 2.49. The summed E-state index contributed by atoms with van der Waals surface area (Å²) in [5.41, 5.74) is 4.78. The second kappa shape index (κ2) is 6.10. The van der Waals surface area contributed by atoms with E-state index < -0.39 is 0 Å². The predicted molar refractivity (Wildman–Crippen MR) is 100 cm³/mol. The summed E-state index contributed by atoms with van der Waals surface area (Å²) >= 11 is 5.40. The first-order chi connectivity index (χ1) is 11.2. The van der Waals surface area contributed by atoms with E-state index in [1.54, 1.807) is 11.3 Å². The Morgan fingerprint density at radius 1 is 1.09 bits per heavy atom. The molecular weight excluding hydrogens is 368 g/mol. The average molecular weight is 385 g/mol. The third kappa shape index (κ3) is 3.06. The van der Waals surface area contributed by atoms with Crippen LogP contribution in [0.1, 0.15) is 24.4 Å². The van der Waals surface area contributed by atoms with Crippen molar-refractivity contribution in [2.75, 3.05) is 0 Å². The van der Waals surface area contributed by atoms with Gasteiger partial charge in [-0.1, -0.05) is 51.8 Å². The van der Waals surface area contributed by atoms with Crippen molar-refractivity contribution in [2.45, 2.75) is 25.8 Å². The van der Waals surface area contributed by atoms with Crippen molar-refractivity contribution in [2.24, 2.45) is 4.99 Å². The minimum atomic E-state index is 0.590. The quantitative estimate of drug-likeness (QED) is 0.538. The first-order valence-corrected chi connectivity index (χ1v) is 9.46. The lowest BCUT2D eigenvalue weighted by Gasteiger charge is -2.09. The number of nitrogens with zero attached hydrogens (tertiary/aromatic N) is 2. The lowest BCUT2D eigenvalue weighted by Crippen LogP contribution is -2.14. The van der Waals surface area contributed by atoms with Crippen LogP contribution in [0.15, 0.2) is 63.4 Å². The Morgan fingerprint density at radius 2 is 1.83 bits per heavy atom. The van der Waals surface area contributed by atoms with Crippen LogP contribution in [0.25, 0.3) is 11.3 Å². The number of hydrogen-bond donors (Lipinski definition) is 0. The van der Waals surface area contributed by atoms with E-state index in [0.717, 1.165) is 15.0 Å². The van der Waals surface area contributed by atoms with Crippen molar-refractivity contribution in [1.29, 1.82) is 0 Å². The number of rotatable bonds is 3. The van der Waals surface area contributed by atoms with E-state index in [0.29, 0.717) is 6.04 Å². The van der Waals surface area contributed by atoms with Gasteiger partial charge in [0.15, 0.2) is 4.80 Å². The zero-order valence-electron chi connectivity index (χ0n) is 12.9. The number of hydrogen-bond acceptors (Lipinski definition) is 2. The van der Waals surface area contributed by atoms with Gasteiger partial charge in [-0.25, -0.2) is 4.99 Å². The largest absolute Gasteiger partial charge is 0.313 e. The molecule has 0 atom stereocenters. The molecule has 1 aliphatic carbocycles. The Bertz CT molecular complexity index is 902. The Hall–Kier alpha value is -1.65. The second-order valence-electron chi connectivity index (χ2n) is 5.93. The van der Waals surface area contributed by atoms with Crippen LogP contribution >= 0.6 is 27.3 Å². The van der Waals surface area contributed by atoms with Crippen LogP contribution in [0.5, 0.6) is 0 Å². The summed E-state index contributed by atoms with van der Waals surface area (Å²) in [5, 5.41) is 2.23. The summed E-state index contributed by atoms with van der Waals surface area (Å²) in [6.45, 7) is 2.10. The molecule has 2 nitrogen and oxygen atoms in total. The standard InChI is InChI=1S/C19H17BrN2S/c1-13-6-8-14(9-7-13)21-19-22(15-10-11-15)18(12-23-19)16-4-2-3-5-17(16)20/h2-9,12,15H,10-11H2,1H3. The molecule has 116 valence electrons. The van der Waals surface area contributed by atoms with E-state index in [1.807, 2.05) is 0 Å². The van der Waals surface area contributed by atoms with Crippen LogP contribution in [0, 0.1) is 6.92 Å². The molecule has 1 saturated carbocycles. The van der Waals surface area contributed by atoms with Gasteiger partial charge in [0.05, 0.1) is 11.4 Å². The molecule has 0 saturated heterocycles. The van der Waals surface area contributed by atoms with Gasteiger partial charge in [-0.3, -0.25) is 0 Å². The molecule has 1 fully saturated rings. The van der Waals surface area contributed by atoms with Crippen molar-refractivity contribution in [1.82, 2.24) is 4.57 Å². The van der Waals surface area contributed by atoms with Gasteiger partial charge in [-0.05, 0) is 38.0 Å². The molecule has 2 aromatic carbocycles. The fraction of sp³-hybridized carbons (Fsp3) is 0.211. The van der Waals surface area contributed by atoms with E-state index in [9.17, 15) is 0 Å². The molecule has 0 bridgehead atoms. The summed E-state index contributed by atoms with van der Waals surface area (Å²) in [7, 11) is 0. The summed E-state index contributed by atoms with van der Waals surface area (Å²) in [5.74, 6) is 0. The van der Waals surface area contributed by atoms with Gasteiger partial charge in [0.25, 0.3) is 0 Å². The van der Waals surface area contributed by atoms with E-state index in [1.165, 1.54) is 29.7 Å². The van der Waals surface area contributed by atoms with Crippen LogP contribution < -0.4 is 4.80 Å². The molecule has 0 aliphatic heterocycles. The molecule has 0 unspecified atom stereocenters. The van der Waals surface area contributed by atoms with Gasteiger partial charge in [0.2, 0.25) is 0 Å². The molecule has 1 heterocycles. The topological polar surface area (TPSA) is 17.3 Å². The minimum Gasteiger partial charge on any atom is -0.313 e. The molecule has 23 heavy (non-hydrogen) atoms. The zero-order chi connectivity index (χ0) is 15.8. The fourth-order valence-electron chi connectivity index (χ4n) is 2.68. The second-order valence-corrected chi connectivity index (χ2v) is 7.62. The van der Waals surface area contributed by atoms with Crippen LogP contribution in [0.2, 0.25) is 0 Å². The maximum Gasteiger partial charge on any atom is 0.190 e. The number of aromatic nitrogens is 1. The molecule has 0 spiro atoms. The van der Waals surface area contributed by atoms with Crippen molar-refractivity contribution >= 4 is 33.0 Å². The molecular formula is C19H17BrN2S.